The minimum Gasteiger partial charge on any atom is -0.482 e. The number of primary amides is 1. The van der Waals surface area contributed by atoms with Crippen LogP contribution < -0.4 is 26.7 Å². The first-order valence-electron chi connectivity index (χ1n) is 8.58. The third-order valence-corrected chi connectivity index (χ3v) is 4.33. The number of aromatic amines is 1. The van der Waals surface area contributed by atoms with Crippen LogP contribution in [0.4, 0.5) is 5.69 Å². The van der Waals surface area contributed by atoms with Crippen LogP contribution in [0.3, 0.4) is 0 Å². The third kappa shape index (κ3) is 3.63. The highest BCUT2D eigenvalue weighted by Crippen LogP contribution is 2.28. The van der Waals surface area contributed by atoms with E-state index < -0.39 is 17.4 Å². The van der Waals surface area contributed by atoms with E-state index in [1.165, 1.54) is 18.2 Å². The number of nitrogens with one attached hydrogen (secondary N) is 3. The predicted molar refractivity (Wildman–Crippen MR) is 103 cm³/mol. The van der Waals surface area contributed by atoms with E-state index in [0.29, 0.717) is 11.4 Å². The van der Waals surface area contributed by atoms with Gasteiger partial charge < -0.3 is 26.1 Å². The van der Waals surface area contributed by atoms with Crippen LogP contribution in [0.25, 0.3) is 10.9 Å². The smallest absolute Gasteiger partial charge is 0.287 e. The number of rotatable bonds is 4. The number of nitrogens with zero attached hydrogens (tertiary/aromatic N) is 1. The first kappa shape index (κ1) is 18.2. The lowest BCUT2D eigenvalue weighted by atomic mass is 10.1. The van der Waals surface area contributed by atoms with Gasteiger partial charge in [0.15, 0.2) is 12.4 Å². The van der Waals surface area contributed by atoms with Crippen molar-refractivity contribution in [2.24, 2.45) is 5.73 Å². The van der Waals surface area contributed by atoms with E-state index >= 15 is 0 Å². The fourth-order valence-electron chi connectivity index (χ4n) is 2.91. The molecule has 0 bridgehead atoms. The Kier molecular flexibility index (Phi) is 4.43. The zero-order chi connectivity index (χ0) is 20.5. The monoisotopic (exact) mass is 393 g/mol. The van der Waals surface area contributed by atoms with Crippen molar-refractivity contribution in [1.82, 2.24) is 15.3 Å². The number of nitrogens with two attached hydrogens (primary N) is 1. The lowest BCUT2D eigenvalue weighted by molar-refractivity contribution is -0.118. The molecule has 3 aromatic rings. The van der Waals surface area contributed by atoms with Crippen molar-refractivity contribution in [3.63, 3.8) is 0 Å². The standard InChI is InChI=1S/C19H15N5O5/c20-16(26)10-2-3-12-11(6-10)18(27)24-17(23-12)19(28)21-7-9-1-4-14-13(5-9)22-15(25)8-29-14/h1-6H,7-8H2,(H2,20,26)(H,21,28)(H,22,25)(H,23,24,27). The lowest BCUT2D eigenvalue weighted by Gasteiger charge is -2.18. The van der Waals surface area contributed by atoms with Crippen molar-refractivity contribution in [3.8, 4) is 5.75 Å². The van der Waals surface area contributed by atoms with Gasteiger partial charge in [0.25, 0.3) is 17.4 Å². The maximum absolute atomic E-state index is 12.4. The second-order valence-electron chi connectivity index (χ2n) is 6.36. The molecule has 10 heteroatoms. The maximum Gasteiger partial charge on any atom is 0.287 e. The van der Waals surface area contributed by atoms with Gasteiger partial charge in [-0.05, 0) is 35.9 Å². The van der Waals surface area contributed by atoms with E-state index in [1.807, 2.05) is 0 Å². The third-order valence-electron chi connectivity index (χ3n) is 4.33. The average Bonchev–Trinajstić information content (AvgIpc) is 2.71. The zero-order valence-electron chi connectivity index (χ0n) is 14.9. The van der Waals surface area contributed by atoms with Crippen molar-refractivity contribution >= 4 is 34.3 Å². The van der Waals surface area contributed by atoms with E-state index in [9.17, 15) is 19.2 Å². The normalized spacial score (nSPS) is 12.6. The number of amides is 3. The first-order valence-corrected chi connectivity index (χ1v) is 8.58. The van der Waals surface area contributed by atoms with Crippen molar-refractivity contribution in [1.29, 1.82) is 0 Å². The van der Waals surface area contributed by atoms with Crippen molar-refractivity contribution in [2.75, 3.05) is 11.9 Å². The van der Waals surface area contributed by atoms with Crippen LogP contribution in [-0.2, 0) is 11.3 Å². The summed E-state index contributed by atoms with van der Waals surface area (Å²) in [5.74, 6) is -1.11. The molecule has 0 fully saturated rings. The highest BCUT2D eigenvalue weighted by atomic mass is 16.5. The molecule has 0 unspecified atom stereocenters. The van der Waals surface area contributed by atoms with Crippen LogP contribution in [0.15, 0.2) is 41.2 Å². The van der Waals surface area contributed by atoms with Crippen LogP contribution in [0, 0.1) is 0 Å². The van der Waals surface area contributed by atoms with E-state index in [4.69, 9.17) is 10.5 Å². The fraction of sp³-hybridized carbons (Fsp3) is 0.105. The van der Waals surface area contributed by atoms with Gasteiger partial charge in [-0.15, -0.1) is 0 Å². The molecule has 1 aliphatic rings. The predicted octanol–water partition coefficient (Wildman–Crippen LogP) is 0.283. The number of fused-ring (bicyclic) bond motifs is 2. The summed E-state index contributed by atoms with van der Waals surface area (Å²) in [5, 5.41) is 5.50. The maximum atomic E-state index is 12.4. The molecule has 2 aromatic carbocycles. The fourth-order valence-corrected chi connectivity index (χ4v) is 2.91. The van der Waals surface area contributed by atoms with Gasteiger partial charge in [-0.1, -0.05) is 6.07 Å². The zero-order valence-corrected chi connectivity index (χ0v) is 14.9. The quantitative estimate of drug-likeness (QED) is 0.499. The number of aromatic nitrogens is 2. The van der Waals surface area contributed by atoms with E-state index in [1.54, 1.807) is 18.2 Å². The molecule has 0 radical (unpaired) electrons. The van der Waals surface area contributed by atoms with Gasteiger partial charge in [0.2, 0.25) is 5.91 Å². The van der Waals surface area contributed by atoms with Crippen LogP contribution in [-0.4, -0.2) is 34.3 Å². The number of anilines is 1. The summed E-state index contributed by atoms with van der Waals surface area (Å²) in [6.45, 7) is 0.107. The second-order valence-corrected chi connectivity index (χ2v) is 6.36. The number of carbonyl (C=O) groups excluding carboxylic acids is 3. The molecule has 1 aliphatic heterocycles. The second kappa shape index (κ2) is 7.08. The van der Waals surface area contributed by atoms with Crippen molar-refractivity contribution in [3.05, 3.63) is 63.7 Å². The molecule has 146 valence electrons. The molecule has 0 spiro atoms. The molecule has 10 nitrogen and oxygen atoms in total. The molecule has 5 N–H and O–H groups in total. The van der Waals surface area contributed by atoms with Crippen LogP contribution in [0.5, 0.6) is 5.75 Å². The molecular weight excluding hydrogens is 378 g/mol. The summed E-state index contributed by atoms with van der Waals surface area (Å²) in [4.78, 5) is 53.9. The summed E-state index contributed by atoms with van der Waals surface area (Å²) in [6, 6.07) is 9.35. The molecular formula is C19H15N5O5. The minimum absolute atomic E-state index is 0.0367. The Morgan fingerprint density at radius 2 is 2.00 bits per heavy atom. The van der Waals surface area contributed by atoms with Gasteiger partial charge in [-0.2, -0.15) is 0 Å². The number of carbonyl (C=O) groups is 3. The molecule has 4 rings (SSSR count). The summed E-state index contributed by atoms with van der Waals surface area (Å²) >= 11 is 0. The average molecular weight is 393 g/mol. The largest absolute Gasteiger partial charge is 0.482 e. The first-order chi connectivity index (χ1) is 13.9. The number of benzene rings is 2. The van der Waals surface area contributed by atoms with Crippen molar-refractivity contribution in [2.45, 2.75) is 6.54 Å². The van der Waals surface area contributed by atoms with E-state index in [2.05, 4.69) is 20.6 Å². The van der Waals surface area contributed by atoms with Crippen LogP contribution >= 0.6 is 0 Å². The molecule has 1 aromatic heterocycles. The van der Waals surface area contributed by atoms with Gasteiger partial charge in [-0.3, -0.25) is 19.2 Å². The highest BCUT2D eigenvalue weighted by molar-refractivity contribution is 5.98. The Hall–Kier alpha value is -4.21. The summed E-state index contributed by atoms with van der Waals surface area (Å²) in [5.41, 5.74) is 6.33. The number of hydrogen-bond acceptors (Lipinski definition) is 6. The van der Waals surface area contributed by atoms with Gasteiger partial charge in [0, 0.05) is 12.1 Å². The minimum atomic E-state index is -0.667. The number of ether oxygens (including phenoxy) is 1. The Morgan fingerprint density at radius 1 is 1.17 bits per heavy atom. The Labute approximate surface area is 163 Å². The Bertz CT molecular complexity index is 1230. The van der Waals surface area contributed by atoms with E-state index in [-0.39, 0.29) is 41.3 Å². The summed E-state index contributed by atoms with van der Waals surface area (Å²) in [7, 11) is 0. The number of hydrogen-bond donors (Lipinski definition) is 4. The van der Waals surface area contributed by atoms with Crippen LogP contribution in [0.1, 0.15) is 26.5 Å². The molecule has 0 saturated heterocycles. The Morgan fingerprint density at radius 3 is 2.79 bits per heavy atom. The molecule has 2 heterocycles. The SMILES string of the molecule is NC(=O)c1ccc2nc(C(=O)NCc3ccc4c(c3)NC(=O)CO4)[nH]c(=O)c2c1. The van der Waals surface area contributed by atoms with Crippen molar-refractivity contribution < 1.29 is 19.1 Å². The molecule has 3 amide bonds. The highest BCUT2D eigenvalue weighted by Gasteiger charge is 2.17. The topological polar surface area (TPSA) is 156 Å². The van der Waals surface area contributed by atoms with Gasteiger partial charge >= 0.3 is 0 Å². The lowest BCUT2D eigenvalue weighted by Crippen LogP contribution is -2.28. The molecule has 0 aliphatic carbocycles. The molecule has 0 atom stereocenters. The van der Waals surface area contributed by atoms with Gasteiger partial charge in [0.1, 0.15) is 5.75 Å². The van der Waals surface area contributed by atoms with E-state index in [0.717, 1.165) is 5.56 Å². The summed E-state index contributed by atoms with van der Waals surface area (Å²) < 4.78 is 5.28. The molecule has 0 saturated carbocycles. The van der Waals surface area contributed by atoms with Crippen LogP contribution in [0.2, 0.25) is 0 Å². The Balaban J connectivity index is 1.53. The van der Waals surface area contributed by atoms with Gasteiger partial charge in [-0.25, -0.2) is 4.98 Å². The van der Waals surface area contributed by atoms with Gasteiger partial charge in [0.05, 0.1) is 16.6 Å². The number of H-pyrrole nitrogens is 1. The summed E-state index contributed by atoms with van der Waals surface area (Å²) in [6.07, 6.45) is 0. The molecule has 29 heavy (non-hydrogen) atoms.